The molecule has 0 aromatic heterocycles. The Morgan fingerprint density at radius 1 is 1.37 bits per heavy atom. The van der Waals surface area contributed by atoms with Crippen molar-refractivity contribution in [2.24, 2.45) is 5.73 Å². The molecule has 0 radical (unpaired) electrons. The van der Waals surface area contributed by atoms with Crippen LogP contribution in [0.3, 0.4) is 0 Å². The second kappa shape index (κ2) is 7.33. The summed E-state index contributed by atoms with van der Waals surface area (Å²) in [4.78, 5) is 22.4. The Labute approximate surface area is 112 Å². The fourth-order valence-electron chi connectivity index (χ4n) is 1.52. The molecule has 0 saturated carbocycles. The monoisotopic (exact) mass is 261 g/mol. The Morgan fingerprint density at radius 3 is 2.53 bits per heavy atom. The van der Waals surface area contributed by atoms with Gasteiger partial charge >= 0.3 is 0 Å². The number of rotatable bonds is 6. The highest BCUT2D eigenvalue weighted by Crippen LogP contribution is 2.09. The zero-order chi connectivity index (χ0) is 14.3. The van der Waals surface area contributed by atoms with Gasteiger partial charge in [0.15, 0.2) is 0 Å². The molecule has 5 heteroatoms. The molecule has 2 amide bonds. The third-order valence-electron chi connectivity index (χ3n) is 2.50. The first-order valence-corrected chi connectivity index (χ1v) is 6.03. The van der Waals surface area contributed by atoms with Gasteiger partial charge in [0, 0.05) is 19.2 Å². The van der Waals surface area contributed by atoms with Crippen molar-refractivity contribution in [2.75, 3.05) is 5.32 Å². The van der Waals surface area contributed by atoms with E-state index in [1.165, 1.54) is 6.92 Å². The lowest BCUT2D eigenvalue weighted by molar-refractivity contribution is -0.122. The van der Waals surface area contributed by atoms with Crippen molar-refractivity contribution in [3.05, 3.63) is 42.5 Å². The van der Waals surface area contributed by atoms with E-state index in [4.69, 9.17) is 5.73 Å². The minimum atomic E-state index is -0.559. The van der Waals surface area contributed by atoms with Crippen molar-refractivity contribution >= 4 is 17.5 Å². The quantitative estimate of drug-likeness (QED) is 0.672. The maximum atomic E-state index is 11.6. The molecule has 0 bridgehead atoms. The molecule has 0 aliphatic heterocycles. The van der Waals surface area contributed by atoms with Gasteiger partial charge in [0.05, 0.1) is 6.04 Å². The zero-order valence-corrected chi connectivity index (χ0v) is 11.0. The summed E-state index contributed by atoms with van der Waals surface area (Å²) in [5, 5.41) is 5.42. The summed E-state index contributed by atoms with van der Waals surface area (Å²) in [6, 6.07) is 6.69. The molecule has 1 rings (SSSR count). The van der Waals surface area contributed by atoms with Gasteiger partial charge in [0.2, 0.25) is 11.8 Å². The van der Waals surface area contributed by atoms with E-state index in [-0.39, 0.29) is 11.8 Å². The summed E-state index contributed by atoms with van der Waals surface area (Å²) >= 11 is 0. The van der Waals surface area contributed by atoms with E-state index in [1.807, 2.05) is 12.1 Å². The molecule has 0 spiro atoms. The average Bonchev–Trinajstić information content (AvgIpc) is 2.37. The van der Waals surface area contributed by atoms with Crippen molar-refractivity contribution < 1.29 is 9.59 Å². The van der Waals surface area contributed by atoms with Crippen LogP contribution < -0.4 is 16.4 Å². The summed E-state index contributed by atoms with van der Waals surface area (Å²) in [5.74, 6) is -0.317. The smallest absolute Gasteiger partial charge is 0.237 e. The SMILES string of the molecule is C=CCC(N)C(=O)NCc1ccc(NC(C)=O)cc1. The van der Waals surface area contributed by atoms with Crippen molar-refractivity contribution in [2.45, 2.75) is 25.9 Å². The van der Waals surface area contributed by atoms with Gasteiger partial charge in [-0.2, -0.15) is 0 Å². The van der Waals surface area contributed by atoms with Gasteiger partial charge in [-0.1, -0.05) is 18.2 Å². The molecule has 4 N–H and O–H groups in total. The molecule has 0 aliphatic carbocycles. The number of carbonyl (C=O) groups is 2. The fourth-order valence-corrected chi connectivity index (χ4v) is 1.52. The van der Waals surface area contributed by atoms with Crippen molar-refractivity contribution in [3.63, 3.8) is 0 Å². The highest BCUT2D eigenvalue weighted by atomic mass is 16.2. The Kier molecular flexibility index (Phi) is 5.75. The fraction of sp³-hybridized carbons (Fsp3) is 0.286. The third-order valence-corrected chi connectivity index (χ3v) is 2.50. The summed E-state index contributed by atoms with van der Waals surface area (Å²) < 4.78 is 0. The number of amides is 2. The first-order valence-electron chi connectivity index (χ1n) is 6.03. The predicted octanol–water partition coefficient (Wildman–Crippen LogP) is 1.16. The van der Waals surface area contributed by atoms with E-state index in [0.717, 1.165) is 11.3 Å². The van der Waals surface area contributed by atoms with Crippen LogP contribution in [0.15, 0.2) is 36.9 Å². The summed E-state index contributed by atoms with van der Waals surface area (Å²) in [6.07, 6.45) is 2.07. The van der Waals surface area contributed by atoms with Crippen LogP contribution in [-0.4, -0.2) is 17.9 Å². The molecule has 102 valence electrons. The van der Waals surface area contributed by atoms with E-state index in [2.05, 4.69) is 17.2 Å². The van der Waals surface area contributed by atoms with E-state index < -0.39 is 6.04 Å². The van der Waals surface area contributed by atoms with Crippen LogP contribution in [-0.2, 0) is 16.1 Å². The maximum Gasteiger partial charge on any atom is 0.237 e. The van der Waals surface area contributed by atoms with E-state index >= 15 is 0 Å². The summed E-state index contributed by atoms with van der Waals surface area (Å²) in [7, 11) is 0. The van der Waals surface area contributed by atoms with Gasteiger partial charge < -0.3 is 16.4 Å². The minimum absolute atomic E-state index is 0.114. The number of nitrogens with two attached hydrogens (primary N) is 1. The van der Waals surface area contributed by atoms with Crippen LogP contribution in [0, 0.1) is 0 Å². The average molecular weight is 261 g/mol. The first kappa shape index (κ1) is 14.9. The normalized spacial score (nSPS) is 11.5. The molecule has 1 aromatic carbocycles. The highest BCUT2D eigenvalue weighted by Gasteiger charge is 2.10. The van der Waals surface area contributed by atoms with Crippen molar-refractivity contribution in [3.8, 4) is 0 Å². The first-order chi connectivity index (χ1) is 9.02. The zero-order valence-electron chi connectivity index (χ0n) is 11.0. The molecule has 0 saturated heterocycles. The Balaban J connectivity index is 2.47. The van der Waals surface area contributed by atoms with Crippen LogP contribution in [0.5, 0.6) is 0 Å². The molecule has 1 aromatic rings. The van der Waals surface area contributed by atoms with Crippen LogP contribution in [0.25, 0.3) is 0 Å². The minimum Gasteiger partial charge on any atom is -0.351 e. The second-order valence-corrected chi connectivity index (χ2v) is 4.23. The van der Waals surface area contributed by atoms with Gasteiger partial charge in [-0.25, -0.2) is 0 Å². The van der Waals surface area contributed by atoms with Crippen molar-refractivity contribution in [1.29, 1.82) is 0 Å². The lowest BCUT2D eigenvalue weighted by atomic mass is 10.1. The standard InChI is InChI=1S/C14H19N3O2/c1-3-4-13(15)14(19)16-9-11-5-7-12(8-6-11)17-10(2)18/h3,5-8,13H,1,4,9,15H2,2H3,(H,16,19)(H,17,18). The Bertz CT molecular complexity index is 454. The molecule has 5 nitrogen and oxygen atoms in total. The van der Waals surface area contributed by atoms with Crippen LogP contribution in [0.4, 0.5) is 5.69 Å². The van der Waals surface area contributed by atoms with E-state index in [0.29, 0.717) is 13.0 Å². The second-order valence-electron chi connectivity index (χ2n) is 4.23. The lowest BCUT2D eigenvalue weighted by Crippen LogP contribution is -2.39. The maximum absolute atomic E-state index is 11.6. The molecule has 1 atom stereocenters. The largest absolute Gasteiger partial charge is 0.351 e. The molecular formula is C14H19N3O2. The summed E-state index contributed by atoms with van der Waals surface area (Å²) in [6.45, 7) is 5.40. The Hall–Kier alpha value is -2.14. The topological polar surface area (TPSA) is 84.2 Å². The molecule has 0 fully saturated rings. The number of hydrogen-bond acceptors (Lipinski definition) is 3. The van der Waals surface area contributed by atoms with Gasteiger partial charge in [-0.05, 0) is 24.1 Å². The Morgan fingerprint density at radius 2 is 2.00 bits per heavy atom. The third kappa shape index (κ3) is 5.35. The number of carbonyl (C=O) groups excluding carboxylic acids is 2. The molecule has 1 unspecified atom stereocenters. The number of hydrogen-bond donors (Lipinski definition) is 3. The number of benzene rings is 1. The van der Waals surface area contributed by atoms with Crippen LogP contribution in [0.1, 0.15) is 18.9 Å². The number of nitrogens with one attached hydrogen (secondary N) is 2. The molecule has 19 heavy (non-hydrogen) atoms. The molecule has 0 heterocycles. The highest BCUT2D eigenvalue weighted by molar-refractivity contribution is 5.88. The van der Waals surface area contributed by atoms with E-state index in [9.17, 15) is 9.59 Å². The summed E-state index contributed by atoms with van der Waals surface area (Å²) in [5.41, 5.74) is 7.31. The van der Waals surface area contributed by atoms with Crippen LogP contribution >= 0.6 is 0 Å². The molecule has 0 aliphatic rings. The predicted molar refractivity (Wildman–Crippen MR) is 75.4 cm³/mol. The van der Waals surface area contributed by atoms with Crippen molar-refractivity contribution in [1.82, 2.24) is 5.32 Å². The molecular weight excluding hydrogens is 242 g/mol. The lowest BCUT2D eigenvalue weighted by Gasteiger charge is -2.10. The number of anilines is 1. The van der Waals surface area contributed by atoms with Gasteiger partial charge in [0.1, 0.15) is 0 Å². The van der Waals surface area contributed by atoms with Gasteiger partial charge in [-0.3, -0.25) is 9.59 Å². The van der Waals surface area contributed by atoms with E-state index in [1.54, 1.807) is 18.2 Å². The van der Waals surface area contributed by atoms with Gasteiger partial charge in [-0.15, -0.1) is 6.58 Å². The van der Waals surface area contributed by atoms with Gasteiger partial charge in [0.25, 0.3) is 0 Å². The van der Waals surface area contributed by atoms with Crippen LogP contribution in [0.2, 0.25) is 0 Å².